The van der Waals surface area contributed by atoms with Gasteiger partial charge >= 0.3 is 12.1 Å². The van der Waals surface area contributed by atoms with Gasteiger partial charge in [-0.05, 0) is 25.8 Å². The molecule has 2 atom stereocenters. The molecule has 0 bridgehead atoms. The van der Waals surface area contributed by atoms with E-state index in [1.807, 2.05) is 0 Å². The van der Waals surface area contributed by atoms with E-state index in [4.69, 9.17) is 5.11 Å². The number of alkyl halides is 3. The van der Waals surface area contributed by atoms with Gasteiger partial charge in [0.15, 0.2) is 0 Å². The molecule has 1 rings (SSSR count). The maximum Gasteiger partial charge on any atom is 0.389 e. The lowest BCUT2D eigenvalue weighted by Crippen LogP contribution is -2.48. The van der Waals surface area contributed by atoms with Crippen molar-refractivity contribution in [3.8, 4) is 0 Å². The average molecular weight is 225 g/mol. The first kappa shape index (κ1) is 12.3. The molecule has 0 aromatic heterocycles. The Morgan fingerprint density at radius 1 is 1.40 bits per heavy atom. The SMILES string of the molecule is O=C(O)C1CCC1NCCCC(F)(F)F. The van der Waals surface area contributed by atoms with Gasteiger partial charge in [0.25, 0.3) is 0 Å². The van der Waals surface area contributed by atoms with E-state index in [0.717, 1.165) is 6.42 Å². The number of aliphatic carboxylic acids is 1. The zero-order valence-electron chi connectivity index (χ0n) is 8.18. The lowest BCUT2D eigenvalue weighted by Gasteiger charge is -2.34. The number of hydrogen-bond donors (Lipinski definition) is 2. The summed E-state index contributed by atoms with van der Waals surface area (Å²) in [5.74, 6) is -1.29. The van der Waals surface area contributed by atoms with Crippen LogP contribution in [0.5, 0.6) is 0 Å². The Morgan fingerprint density at radius 3 is 2.47 bits per heavy atom. The number of nitrogens with one attached hydrogen (secondary N) is 1. The summed E-state index contributed by atoms with van der Waals surface area (Å²) in [4.78, 5) is 10.6. The maximum absolute atomic E-state index is 11.8. The van der Waals surface area contributed by atoms with Crippen LogP contribution >= 0.6 is 0 Å². The molecule has 0 saturated heterocycles. The standard InChI is InChI=1S/C9H14F3NO2/c10-9(11,12)4-1-5-13-7-3-2-6(7)8(14)15/h6-7,13H,1-5H2,(H,14,15). The average Bonchev–Trinajstić information content (AvgIpc) is 1.98. The van der Waals surface area contributed by atoms with E-state index >= 15 is 0 Å². The molecule has 6 heteroatoms. The Balaban J connectivity index is 2.09. The summed E-state index contributed by atoms with van der Waals surface area (Å²) >= 11 is 0. The van der Waals surface area contributed by atoms with Crippen LogP contribution in [0, 0.1) is 5.92 Å². The van der Waals surface area contributed by atoms with Crippen LogP contribution < -0.4 is 5.32 Å². The number of hydrogen-bond acceptors (Lipinski definition) is 2. The van der Waals surface area contributed by atoms with Crippen LogP contribution in [0.2, 0.25) is 0 Å². The third-order valence-corrected chi connectivity index (χ3v) is 2.64. The molecule has 0 amide bonds. The molecule has 88 valence electrons. The molecule has 0 spiro atoms. The predicted molar refractivity (Wildman–Crippen MR) is 47.4 cm³/mol. The van der Waals surface area contributed by atoms with E-state index in [-0.39, 0.29) is 19.0 Å². The summed E-state index contributed by atoms with van der Waals surface area (Å²) in [5.41, 5.74) is 0. The molecule has 0 aromatic rings. The van der Waals surface area contributed by atoms with Gasteiger partial charge in [0, 0.05) is 12.5 Å². The molecule has 0 heterocycles. The van der Waals surface area contributed by atoms with Crippen molar-refractivity contribution in [1.82, 2.24) is 5.32 Å². The molecule has 0 aromatic carbocycles. The Bertz CT molecular complexity index is 230. The van der Waals surface area contributed by atoms with Crippen LogP contribution in [0.1, 0.15) is 25.7 Å². The normalized spacial score (nSPS) is 26.1. The van der Waals surface area contributed by atoms with Gasteiger partial charge in [-0.2, -0.15) is 13.2 Å². The molecule has 1 aliphatic carbocycles. The zero-order valence-corrected chi connectivity index (χ0v) is 8.18. The molecule has 2 unspecified atom stereocenters. The van der Waals surface area contributed by atoms with Crippen molar-refractivity contribution in [2.75, 3.05) is 6.54 Å². The first-order chi connectivity index (χ1) is 6.90. The number of carboxylic acid groups (broad SMARTS) is 1. The molecule has 3 nitrogen and oxygen atoms in total. The van der Waals surface area contributed by atoms with Crippen molar-refractivity contribution in [3.63, 3.8) is 0 Å². The minimum absolute atomic E-state index is 0.00629. The zero-order chi connectivity index (χ0) is 11.5. The van der Waals surface area contributed by atoms with E-state index in [1.54, 1.807) is 0 Å². The number of rotatable bonds is 5. The number of carbonyl (C=O) groups is 1. The monoisotopic (exact) mass is 225 g/mol. The quantitative estimate of drug-likeness (QED) is 0.701. The van der Waals surface area contributed by atoms with Crippen LogP contribution in [-0.2, 0) is 4.79 Å². The van der Waals surface area contributed by atoms with Gasteiger partial charge in [-0.15, -0.1) is 0 Å². The van der Waals surface area contributed by atoms with Gasteiger partial charge in [0.2, 0.25) is 0 Å². The van der Waals surface area contributed by atoms with E-state index in [1.165, 1.54) is 0 Å². The van der Waals surface area contributed by atoms with Crippen molar-refractivity contribution >= 4 is 5.97 Å². The van der Waals surface area contributed by atoms with Crippen LogP contribution in [0.15, 0.2) is 0 Å². The highest BCUT2D eigenvalue weighted by Gasteiger charge is 2.36. The van der Waals surface area contributed by atoms with Gasteiger partial charge in [0.05, 0.1) is 5.92 Å². The summed E-state index contributed by atoms with van der Waals surface area (Å²) in [6.45, 7) is 0.230. The molecule has 2 N–H and O–H groups in total. The fraction of sp³-hybridized carbons (Fsp3) is 0.889. The maximum atomic E-state index is 11.8. The molecule has 0 aliphatic heterocycles. The minimum atomic E-state index is -4.12. The summed E-state index contributed by atoms with van der Waals surface area (Å²) in [6.07, 6.45) is -3.57. The first-order valence-electron chi connectivity index (χ1n) is 4.93. The van der Waals surface area contributed by atoms with Crippen LogP contribution in [0.3, 0.4) is 0 Å². The summed E-state index contributed by atoms with van der Waals surface area (Å²) in [7, 11) is 0. The Kier molecular flexibility index (Phi) is 3.96. The fourth-order valence-corrected chi connectivity index (χ4v) is 1.62. The summed E-state index contributed by atoms with van der Waals surface area (Å²) < 4.78 is 35.3. The van der Waals surface area contributed by atoms with E-state index in [0.29, 0.717) is 6.42 Å². The summed E-state index contributed by atoms with van der Waals surface area (Å²) in [6, 6.07) is -0.143. The van der Waals surface area contributed by atoms with Gasteiger partial charge in [-0.3, -0.25) is 4.79 Å². The smallest absolute Gasteiger partial charge is 0.389 e. The van der Waals surface area contributed by atoms with Gasteiger partial charge in [0.1, 0.15) is 0 Å². The second-order valence-electron chi connectivity index (χ2n) is 3.80. The lowest BCUT2D eigenvalue weighted by atomic mass is 9.79. The highest BCUT2D eigenvalue weighted by Crippen LogP contribution is 2.27. The molecule has 0 radical (unpaired) electrons. The van der Waals surface area contributed by atoms with Crippen molar-refractivity contribution in [2.24, 2.45) is 5.92 Å². The van der Waals surface area contributed by atoms with E-state index in [9.17, 15) is 18.0 Å². The topological polar surface area (TPSA) is 49.3 Å². The van der Waals surface area contributed by atoms with Crippen LogP contribution in [0.25, 0.3) is 0 Å². The fourth-order valence-electron chi connectivity index (χ4n) is 1.62. The third kappa shape index (κ3) is 4.07. The third-order valence-electron chi connectivity index (χ3n) is 2.64. The Labute approximate surface area is 85.7 Å². The van der Waals surface area contributed by atoms with Crippen molar-refractivity contribution in [1.29, 1.82) is 0 Å². The number of halogens is 3. The Hall–Kier alpha value is -0.780. The molecule has 1 saturated carbocycles. The molecular formula is C9H14F3NO2. The lowest BCUT2D eigenvalue weighted by molar-refractivity contribution is -0.146. The molecular weight excluding hydrogens is 211 g/mol. The highest BCUT2D eigenvalue weighted by molar-refractivity contribution is 5.72. The van der Waals surface area contributed by atoms with Gasteiger partial charge < -0.3 is 10.4 Å². The Morgan fingerprint density at radius 2 is 2.07 bits per heavy atom. The van der Waals surface area contributed by atoms with Crippen LogP contribution in [0.4, 0.5) is 13.2 Å². The number of carboxylic acids is 1. The van der Waals surface area contributed by atoms with E-state index < -0.39 is 24.5 Å². The predicted octanol–water partition coefficient (Wildman–Crippen LogP) is 1.78. The second kappa shape index (κ2) is 4.83. The van der Waals surface area contributed by atoms with Crippen molar-refractivity contribution in [3.05, 3.63) is 0 Å². The van der Waals surface area contributed by atoms with Crippen molar-refractivity contribution in [2.45, 2.75) is 37.9 Å². The largest absolute Gasteiger partial charge is 0.481 e. The second-order valence-corrected chi connectivity index (χ2v) is 3.80. The molecule has 1 aliphatic rings. The first-order valence-corrected chi connectivity index (χ1v) is 4.93. The summed E-state index contributed by atoms with van der Waals surface area (Å²) in [5, 5.41) is 11.5. The van der Waals surface area contributed by atoms with Crippen LogP contribution in [-0.4, -0.2) is 29.8 Å². The van der Waals surface area contributed by atoms with Crippen molar-refractivity contribution < 1.29 is 23.1 Å². The molecule has 15 heavy (non-hydrogen) atoms. The minimum Gasteiger partial charge on any atom is -0.481 e. The van der Waals surface area contributed by atoms with Gasteiger partial charge in [-0.25, -0.2) is 0 Å². The molecule has 1 fully saturated rings. The van der Waals surface area contributed by atoms with Gasteiger partial charge in [-0.1, -0.05) is 0 Å². The van der Waals surface area contributed by atoms with E-state index in [2.05, 4.69) is 5.32 Å². The highest BCUT2D eigenvalue weighted by atomic mass is 19.4.